The number of ether oxygens (including phenoxy) is 2. The standard InChI is InChI=1S/C26H49NO7/c1-5-6-7-8-11-14-17-24(23(29)16-13-10-9-12-15-18-25(30)31)34-26(32)21-27(3,4)19-20-33-22(2)28/h23-24,29H,5-21H2,1-4H3/p+1. The van der Waals surface area contributed by atoms with Crippen molar-refractivity contribution < 1.29 is 38.6 Å². The van der Waals surface area contributed by atoms with E-state index in [0.717, 1.165) is 44.9 Å². The van der Waals surface area contributed by atoms with E-state index in [1.54, 1.807) is 0 Å². The minimum absolute atomic E-state index is 0.143. The largest absolute Gasteiger partial charge is 0.481 e. The summed E-state index contributed by atoms with van der Waals surface area (Å²) in [4.78, 5) is 34.2. The highest BCUT2D eigenvalue weighted by Crippen LogP contribution is 2.18. The van der Waals surface area contributed by atoms with Crippen molar-refractivity contribution >= 4 is 17.9 Å². The van der Waals surface area contributed by atoms with Gasteiger partial charge < -0.3 is 24.2 Å². The van der Waals surface area contributed by atoms with Crippen LogP contribution in [0.5, 0.6) is 0 Å². The number of unbranched alkanes of at least 4 members (excludes halogenated alkanes) is 9. The van der Waals surface area contributed by atoms with Crippen molar-refractivity contribution in [1.29, 1.82) is 0 Å². The third-order valence-electron chi connectivity index (χ3n) is 6.00. The maximum Gasteiger partial charge on any atom is 0.362 e. The first-order valence-electron chi connectivity index (χ1n) is 13.1. The average molecular weight is 489 g/mol. The topological polar surface area (TPSA) is 110 Å². The molecular formula is C26H50NO7+. The van der Waals surface area contributed by atoms with Crippen LogP contribution in [0.25, 0.3) is 0 Å². The molecule has 0 aromatic carbocycles. The van der Waals surface area contributed by atoms with Crippen LogP contribution in [-0.4, -0.2) is 78.6 Å². The second-order valence-electron chi connectivity index (χ2n) is 10.0. The van der Waals surface area contributed by atoms with Gasteiger partial charge in [0.25, 0.3) is 0 Å². The molecule has 0 aromatic rings. The summed E-state index contributed by atoms with van der Waals surface area (Å²) in [5.41, 5.74) is 0. The average Bonchev–Trinajstić information content (AvgIpc) is 2.73. The van der Waals surface area contributed by atoms with Crippen molar-refractivity contribution in [3.05, 3.63) is 0 Å². The van der Waals surface area contributed by atoms with E-state index < -0.39 is 18.2 Å². The van der Waals surface area contributed by atoms with E-state index in [4.69, 9.17) is 14.6 Å². The highest BCUT2D eigenvalue weighted by molar-refractivity contribution is 5.70. The molecule has 0 aromatic heterocycles. The van der Waals surface area contributed by atoms with E-state index in [0.29, 0.717) is 30.3 Å². The van der Waals surface area contributed by atoms with Gasteiger partial charge in [-0.15, -0.1) is 0 Å². The van der Waals surface area contributed by atoms with E-state index in [1.165, 1.54) is 26.2 Å². The number of esters is 2. The lowest BCUT2D eigenvalue weighted by atomic mass is 9.99. The Morgan fingerprint density at radius 2 is 1.41 bits per heavy atom. The van der Waals surface area contributed by atoms with Gasteiger partial charge in [-0.2, -0.15) is 0 Å². The van der Waals surface area contributed by atoms with Gasteiger partial charge in [-0.3, -0.25) is 9.59 Å². The van der Waals surface area contributed by atoms with Gasteiger partial charge in [0.05, 0.1) is 20.2 Å². The Labute approximate surface area is 206 Å². The molecule has 0 spiro atoms. The summed E-state index contributed by atoms with van der Waals surface area (Å²) in [5.74, 6) is -1.45. The zero-order valence-electron chi connectivity index (χ0n) is 22.1. The lowest BCUT2D eigenvalue weighted by molar-refractivity contribution is -0.883. The number of carbonyl (C=O) groups excluding carboxylic acids is 2. The quantitative estimate of drug-likeness (QED) is 0.131. The Balaban J connectivity index is 4.57. The minimum atomic E-state index is -0.761. The molecule has 0 rings (SSSR count). The Morgan fingerprint density at radius 1 is 0.853 bits per heavy atom. The van der Waals surface area contributed by atoms with Crippen LogP contribution in [0.3, 0.4) is 0 Å². The molecule has 0 aliphatic heterocycles. The molecule has 0 radical (unpaired) electrons. The number of likely N-dealkylation sites (N-methyl/N-ethyl adjacent to an activating group) is 1. The second kappa shape index (κ2) is 19.6. The van der Waals surface area contributed by atoms with Gasteiger partial charge in [-0.05, 0) is 25.7 Å². The molecule has 0 aliphatic carbocycles. The van der Waals surface area contributed by atoms with Crippen LogP contribution < -0.4 is 0 Å². The maximum absolute atomic E-state index is 12.6. The zero-order chi connectivity index (χ0) is 25.8. The van der Waals surface area contributed by atoms with E-state index in [1.807, 2.05) is 14.1 Å². The zero-order valence-corrected chi connectivity index (χ0v) is 22.1. The summed E-state index contributed by atoms with van der Waals surface area (Å²) < 4.78 is 11.1. The molecule has 34 heavy (non-hydrogen) atoms. The normalized spacial score (nSPS) is 13.3. The summed E-state index contributed by atoms with van der Waals surface area (Å²) in [6, 6.07) is 0. The predicted octanol–water partition coefficient (Wildman–Crippen LogP) is 4.46. The lowest BCUT2D eigenvalue weighted by Crippen LogP contribution is -2.47. The van der Waals surface area contributed by atoms with Gasteiger partial charge in [0.15, 0.2) is 6.54 Å². The van der Waals surface area contributed by atoms with Crippen molar-refractivity contribution in [2.75, 3.05) is 33.8 Å². The minimum Gasteiger partial charge on any atom is -0.481 e. The molecular weight excluding hydrogens is 438 g/mol. The maximum atomic E-state index is 12.6. The predicted molar refractivity (Wildman–Crippen MR) is 132 cm³/mol. The molecule has 2 unspecified atom stereocenters. The van der Waals surface area contributed by atoms with Gasteiger partial charge in [-0.1, -0.05) is 64.7 Å². The lowest BCUT2D eigenvalue weighted by Gasteiger charge is -2.30. The summed E-state index contributed by atoms with van der Waals surface area (Å²) in [6.07, 6.45) is 11.2. The van der Waals surface area contributed by atoms with Gasteiger partial charge >= 0.3 is 17.9 Å². The van der Waals surface area contributed by atoms with Gasteiger partial charge in [-0.25, -0.2) is 4.79 Å². The fraction of sp³-hybridized carbons (Fsp3) is 0.885. The molecule has 2 N–H and O–H groups in total. The molecule has 8 heteroatoms. The van der Waals surface area contributed by atoms with Crippen molar-refractivity contribution in [2.24, 2.45) is 0 Å². The van der Waals surface area contributed by atoms with Crippen molar-refractivity contribution in [2.45, 2.75) is 116 Å². The molecule has 2 atom stereocenters. The molecule has 0 amide bonds. The Hall–Kier alpha value is -1.67. The van der Waals surface area contributed by atoms with Gasteiger partial charge in [0.2, 0.25) is 0 Å². The molecule has 200 valence electrons. The molecule has 0 saturated carbocycles. The highest BCUT2D eigenvalue weighted by Gasteiger charge is 2.27. The number of hydrogen-bond acceptors (Lipinski definition) is 6. The van der Waals surface area contributed by atoms with Crippen LogP contribution in [0, 0.1) is 0 Å². The number of carboxylic acid groups (broad SMARTS) is 1. The fourth-order valence-electron chi connectivity index (χ4n) is 3.87. The Kier molecular flexibility index (Phi) is 18.7. The van der Waals surface area contributed by atoms with Crippen LogP contribution in [-0.2, 0) is 23.9 Å². The van der Waals surface area contributed by atoms with Gasteiger partial charge in [0, 0.05) is 13.3 Å². The molecule has 0 fully saturated rings. The van der Waals surface area contributed by atoms with Crippen LogP contribution in [0.4, 0.5) is 0 Å². The third-order valence-corrected chi connectivity index (χ3v) is 6.00. The molecule has 0 aliphatic rings. The number of nitrogens with zero attached hydrogens (tertiary/aromatic N) is 1. The first kappa shape index (κ1) is 32.3. The van der Waals surface area contributed by atoms with E-state index in [-0.39, 0.29) is 31.5 Å². The highest BCUT2D eigenvalue weighted by atomic mass is 16.6. The summed E-state index contributed by atoms with van der Waals surface area (Å²) in [6.45, 7) is 4.43. The number of carbonyl (C=O) groups is 3. The molecule has 0 saturated heterocycles. The summed E-state index contributed by atoms with van der Waals surface area (Å²) in [5, 5.41) is 19.5. The first-order valence-corrected chi connectivity index (χ1v) is 13.1. The number of rotatable bonds is 22. The van der Waals surface area contributed by atoms with Crippen LogP contribution in [0.15, 0.2) is 0 Å². The first-order chi connectivity index (χ1) is 16.1. The molecule has 8 nitrogen and oxygen atoms in total. The van der Waals surface area contributed by atoms with Crippen molar-refractivity contribution in [3.63, 3.8) is 0 Å². The monoisotopic (exact) mass is 488 g/mol. The van der Waals surface area contributed by atoms with Crippen molar-refractivity contribution in [1.82, 2.24) is 0 Å². The van der Waals surface area contributed by atoms with Crippen LogP contribution >= 0.6 is 0 Å². The second-order valence-corrected chi connectivity index (χ2v) is 10.0. The fourth-order valence-corrected chi connectivity index (χ4v) is 3.87. The van der Waals surface area contributed by atoms with Crippen molar-refractivity contribution in [3.8, 4) is 0 Å². The number of quaternary nitrogens is 1. The van der Waals surface area contributed by atoms with E-state index >= 15 is 0 Å². The van der Waals surface area contributed by atoms with Gasteiger partial charge in [0.1, 0.15) is 19.3 Å². The van der Waals surface area contributed by atoms with Crippen LogP contribution in [0.1, 0.15) is 104 Å². The van der Waals surface area contributed by atoms with E-state index in [2.05, 4.69) is 6.92 Å². The van der Waals surface area contributed by atoms with Crippen LogP contribution in [0.2, 0.25) is 0 Å². The SMILES string of the molecule is CCCCCCCCC(OC(=O)C[N+](C)(C)CCOC(C)=O)C(O)CCCCCCCC(=O)O. The number of carboxylic acids is 1. The summed E-state index contributed by atoms with van der Waals surface area (Å²) in [7, 11) is 3.77. The van der Waals surface area contributed by atoms with E-state index in [9.17, 15) is 19.5 Å². The number of aliphatic hydroxyl groups excluding tert-OH is 1. The molecule has 0 bridgehead atoms. The third kappa shape index (κ3) is 19.8. The number of aliphatic carboxylic acids is 1. The Morgan fingerprint density at radius 3 is 2.00 bits per heavy atom. The number of aliphatic hydroxyl groups is 1. The molecule has 0 heterocycles. The summed E-state index contributed by atoms with van der Waals surface area (Å²) >= 11 is 0. The Bertz CT molecular complexity index is 565. The number of hydrogen-bond donors (Lipinski definition) is 2. The smallest absolute Gasteiger partial charge is 0.362 e.